The summed E-state index contributed by atoms with van der Waals surface area (Å²) in [5, 5.41) is 3.33. The van der Waals surface area contributed by atoms with Gasteiger partial charge in [-0.25, -0.2) is 0 Å². The number of halogens is 2. The van der Waals surface area contributed by atoms with Crippen LogP contribution in [0.2, 0.25) is 0 Å². The molecule has 2 aromatic rings. The van der Waals surface area contributed by atoms with Crippen molar-refractivity contribution in [1.29, 1.82) is 0 Å². The molecule has 0 bridgehead atoms. The molecule has 1 N–H and O–H groups in total. The van der Waals surface area contributed by atoms with Gasteiger partial charge in [0.25, 0.3) is 0 Å². The van der Waals surface area contributed by atoms with Crippen LogP contribution in [0.15, 0.2) is 45.3 Å². The van der Waals surface area contributed by atoms with Crippen LogP contribution in [-0.4, -0.2) is 6.54 Å². The molecule has 0 saturated heterocycles. The van der Waals surface area contributed by atoms with Crippen LogP contribution in [0.3, 0.4) is 0 Å². The van der Waals surface area contributed by atoms with E-state index in [1.807, 2.05) is 31.2 Å². The van der Waals surface area contributed by atoms with Crippen LogP contribution in [0.4, 0.5) is 0 Å². The molecule has 0 radical (unpaired) electrons. The van der Waals surface area contributed by atoms with Gasteiger partial charge in [0.2, 0.25) is 0 Å². The van der Waals surface area contributed by atoms with Crippen molar-refractivity contribution in [3.8, 4) is 11.5 Å². The molecule has 2 nitrogen and oxygen atoms in total. The normalized spacial score (nSPS) is 10.6. The van der Waals surface area contributed by atoms with E-state index in [0.29, 0.717) is 0 Å². The second-order valence-electron chi connectivity index (χ2n) is 4.54. The van der Waals surface area contributed by atoms with E-state index in [2.05, 4.69) is 56.2 Å². The third-order valence-electron chi connectivity index (χ3n) is 2.94. The number of hydrogen-bond donors (Lipinski definition) is 1. The molecule has 20 heavy (non-hydrogen) atoms. The average Bonchev–Trinajstić information content (AvgIpc) is 2.41. The first-order valence-corrected chi connectivity index (χ1v) is 8.12. The molecule has 106 valence electrons. The summed E-state index contributed by atoms with van der Waals surface area (Å²) in [6.45, 7) is 5.87. The molecule has 2 rings (SSSR count). The second kappa shape index (κ2) is 7.25. The lowest BCUT2D eigenvalue weighted by Gasteiger charge is -2.14. The van der Waals surface area contributed by atoms with Crippen LogP contribution < -0.4 is 10.1 Å². The van der Waals surface area contributed by atoms with Gasteiger partial charge in [-0.15, -0.1) is 0 Å². The molecule has 0 atom stereocenters. The Morgan fingerprint density at radius 1 is 1.00 bits per heavy atom. The first-order chi connectivity index (χ1) is 9.60. The Balaban J connectivity index is 2.27. The van der Waals surface area contributed by atoms with E-state index in [4.69, 9.17) is 4.74 Å². The Bertz CT molecular complexity index is 599. The fourth-order valence-corrected chi connectivity index (χ4v) is 2.78. The number of hydrogen-bond acceptors (Lipinski definition) is 2. The lowest BCUT2D eigenvalue weighted by molar-refractivity contribution is 0.469. The minimum Gasteiger partial charge on any atom is -0.457 e. The monoisotopic (exact) mass is 397 g/mol. The van der Waals surface area contributed by atoms with Crippen LogP contribution in [-0.2, 0) is 6.54 Å². The van der Waals surface area contributed by atoms with Gasteiger partial charge in [0.1, 0.15) is 11.5 Å². The Morgan fingerprint density at radius 2 is 1.65 bits per heavy atom. The summed E-state index contributed by atoms with van der Waals surface area (Å²) in [5.74, 6) is 1.77. The average molecular weight is 399 g/mol. The van der Waals surface area contributed by atoms with Gasteiger partial charge in [0.15, 0.2) is 0 Å². The van der Waals surface area contributed by atoms with Gasteiger partial charge >= 0.3 is 0 Å². The molecular weight excluding hydrogens is 382 g/mol. The molecule has 0 amide bonds. The summed E-state index contributed by atoms with van der Waals surface area (Å²) in [7, 11) is 0. The van der Waals surface area contributed by atoms with E-state index < -0.39 is 0 Å². The van der Waals surface area contributed by atoms with Crippen molar-refractivity contribution < 1.29 is 4.74 Å². The molecule has 0 aliphatic carbocycles. The van der Waals surface area contributed by atoms with Gasteiger partial charge in [-0.1, -0.05) is 38.8 Å². The second-order valence-corrected chi connectivity index (χ2v) is 6.38. The minimum atomic E-state index is 0.793. The predicted molar refractivity (Wildman–Crippen MR) is 90.5 cm³/mol. The predicted octanol–water partition coefficient (Wildman–Crippen LogP) is 5.42. The van der Waals surface area contributed by atoms with Crippen molar-refractivity contribution in [3.63, 3.8) is 0 Å². The quantitative estimate of drug-likeness (QED) is 0.725. The summed E-state index contributed by atoms with van der Waals surface area (Å²) in [5.41, 5.74) is 2.25. The first kappa shape index (κ1) is 15.5. The maximum Gasteiger partial charge on any atom is 0.132 e. The molecule has 0 saturated carbocycles. The molecule has 0 aliphatic heterocycles. The lowest BCUT2D eigenvalue weighted by Crippen LogP contribution is -2.12. The van der Waals surface area contributed by atoms with Crippen molar-refractivity contribution in [2.75, 3.05) is 6.54 Å². The molecule has 0 heterocycles. The van der Waals surface area contributed by atoms with Crippen molar-refractivity contribution in [3.05, 3.63) is 56.5 Å². The largest absolute Gasteiger partial charge is 0.457 e. The summed E-state index contributed by atoms with van der Waals surface area (Å²) in [6, 6.07) is 12.1. The summed E-state index contributed by atoms with van der Waals surface area (Å²) >= 11 is 6.98. The zero-order chi connectivity index (χ0) is 14.5. The smallest absolute Gasteiger partial charge is 0.132 e. The highest BCUT2D eigenvalue weighted by atomic mass is 79.9. The highest BCUT2D eigenvalue weighted by molar-refractivity contribution is 9.10. The summed E-state index contributed by atoms with van der Waals surface area (Å²) in [6.07, 6.45) is 0. The van der Waals surface area contributed by atoms with E-state index in [-0.39, 0.29) is 0 Å². The number of nitrogens with one attached hydrogen (secondary N) is 1. The van der Waals surface area contributed by atoms with Crippen molar-refractivity contribution in [2.24, 2.45) is 0 Å². The third-order valence-corrected chi connectivity index (χ3v) is 3.93. The van der Waals surface area contributed by atoms with E-state index in [9.17, 15) is 0 Å². The van der Waals surface area contributed by atoms with E-state index in [1.54, 1.807) is 0 Å². The SMILES string of the molecule is CCNCc1cc(Br)ccc1Oc1ccc(Br)cc1C. The Hall–Kier alpha value is -0.840. The van der Waals surface area contributed by atoms with E-state index in [0.717, 1.165) is 44.7 Å². The maximum atomic E-state index is 6.07. The Labute approximate surface area is 136 Å². The molecule has 0 aromatic heterocycles. The molecule has 0 aliphatic rings. The fourth-order valence-electron chi connectivity index (χ4n) is 1.89. The van der Waals surface area contributed by atoms with Crippen LogP contribution >= 0.6 is 31.9 Å². The number of aryl methyl sites for hydroxylation is 1. The van der Waals surface area contributed by atoms with Gasteiger partial charge in [-0.2, -0.15) is 0 Å². The molecule has 0 unspecified atom stereocenters. The standard InChI is InChI=1S/C16H17Br2NO/c1-3-19-10-12-9-14(18)5-7-16(12)20-15-6-4-13(17)8-11(15)2/h4-9,19H,3,10H2,1-2H3. The van der Waals surface area contributed by atoms with Crippen molar-refractivity contribution in [1.82, 2.24) is 5.32 Å². The first-order valence-electron chi connectivity index (χ1n) is 6.53. The maximum absolute atomic E-state index is 6.07. The Morgan fingerprint density at radius 3 is 2.30 bits per heavy atom. The van der Waals surface area contributed by atoms with Gasteiger partial charge in [0, 0.05) is 21.1 Å². The molecule has 2 aromatic carbocycles. The van der Waals surface area contributed by atoms with Crippen LogP contribution in [0.25, 0.3) is 0 Å². The van der Waals surface area contributed by atoms with Gasteiger partial charge in [-0.05, 0) is 55.4 Å². The summed E-state index contributed by atoms with van der Waals surface area (Å²) in [4.78, 5) is 0. The van der Waals surface area contributed by atoms with Crippen LogP contribution in [0.1, 0.15) is 18.1 Å². The Kier molecular flexibility index (Phi) is 5.64. The molecular formula is C16H17Br2NO. The molecule has 4 heteroatoms. The summed E-state index contributed by atoms with van der Waals surface area (Å²) < 4.78 is 8.19. The zero-order valence-corrected chi connectivity index (χ0v) is 14.7. The third kappa shape index (κ3) is 4.08. The van der Waals surface area contributed by atoms with Crippen molar-refractivity contribution in [2.45, 2.75) is 20.4 Å². The minimum absolute atomic E-state index is 0.793. The van der Waals surface area contributed by atoms with Gasteiger partial charge in [-0.3, -0.25) is 0 Å². The number of rotatable bonds is 5. The molecule has 0 fully saturated rings. The van der Waals surface area contributed by atoms with E-state index in [1.165, 1.54) is 0 Å². The zero-order valence-electron chi connectivity index (χ0n) is 11.5. The number of ether oxygens (including phenoxy) is 1. The highest BCUT2D eigenvalue weighted by Gasteiger charge is 2.07. The van der Waals surface area contributed by atoms with Crippen LogP contribution in [0.5, 0.6) is 11.5 Å². The number of benzene rings is 2. The fraction of sp³-hybridized carbons (Fsp3) is 0.250. The topological polar surface area (TPSA) is 21.3 Å². The molecule has 0 spiro atoms. The lowest BCUT2D eigenvalue weighted by atomic mass is 10.2. The van der Waals surface area contributed by atoms with Crippen molar-refractivity contribution >= 4 is 31.9 Å². The van der Waals surface area contributed by atoms with Crippen LogP contribution in [0, 0.1) is 6.92 Å². The van der Waals surface area contributed by atoms with E-state index >= 15 is 0 Å². The van der Waals surface area contributed by atoms with Gasteiger partial charge < -0.3 is 10.1 Å². The van der Waals surface area contributed by atoms with Gasteiger partial charge in [0.05, 0.1) is 0 Å². The highest BCUT2D eigenvalue weighted by Crippen LogP contribution is 2.31.